The van der Waals surface area contributed by atoms with E-state index in [1.165, 1.54) is 12.1 Å². The normalized spacial score (nSPS) is 13.4. The van der Waals surface area contributed by atoms with Crippen LogP contribution >= 0.6 is 0 Å². The molecule has 0 bridgehead atoms. The van der Waals surface area contributed by atoms with Crippen LogP contribution in [0.2, 0.25) is 0 Å². The SMILES string of the molecule is CCc1ccc(C(C(=O)Nc2c(C)cccc2C)N(C(=O)C(Cc2ccc(O)cc2)NC(=O)OC(C)(C)C)C(C)CC)cc1. The fourth-order valence-corrected chi connectivity index (χ4v) is 5.07. The molecule has 0 aliphatic rings. The highest BCUT2D eigenvalue weighted by Crippen LogP contribution is 2.30. The summed E-state index contributed by atoms with van der Waals surface area (Å²) in [5, 5.41) is 15.7. The number of nitrogens with one attached hydrogen (secondary N) is 2. The Balaban J connectivity index is 2.12. The number of para-hydroxylation sites is 1. The lowest BCUT2D eigenvalue weighted by Gasteiger charge is -2.38. The molecule has 3 unspecified atom stereocenters. The van der Waals surface area contributed by atoms with Crippen LogP contribution in [0, 0.1) is 13.8 Å². The molecule has 0 aromatic heterocycles. The van der Waals surface area contributed by atoms with Gasteiger partial charge in [0.25, 0.3) is 5.91 Å². The summed E-state index contributed by atoms with van der Waals surface area (Å²) in [6, 6.07) is 17.6. The minimum Gasteiger partial charge on any atom is -0.508 e. The monoisotopic (exact) mass is 601 g/mol. The Morgan fingerprint density at radius 3 is 1.98 bits per heavy atom. The van der Waals surface area contributed by atoms with Crippen LogP contribution < -0.4 is 10.6 Å². The van der Waals surface area contributed by atoms with Crippen LogP contribution in [-0.2, 0) is 27.2 Å². The van der Waals surface area contributed by atoms with Gasteiger partial charge in [0, 0.05) is 18.2 Å². The summed E-state index contributed by atoms with van der Waals surface area (Å²) in [4.78, 5) is 43.6. The number of hydrogen-bond donors (Lipinski definition) is 3. The smallest absolute Gasteiger partial charge is 0.408 e. The molecule has 0 fully saturated rings. The zero-order valence-corrected chi connectivity index (χ0v) is 27.2. The number of nitrogens with zero attached hydrogens (tertiary/aromatic N) is 1. The lowest BCUT2D eigenvalue weighted by Crippen LogP contribution is -2.55. The molecule has 0 aliphatic heterocycles. The Labute approximate surface area is 261 Å². The summed E-state index contributed by atoms with van der Waals surface area (Å²) in [6.45, 7) is 15.1. The first kappa shape index (κ1) is 34.2. The summed E-state index contributed by atoms with van der Waals surface area (Å²) in [5.41, 5.74) is 4.26. The maximum atomic E-state index is 14.7. The Morgan fingerprint density at radius 2 is 1.45 bits per heavy atom. The number of aryl methyl sites for hydroxylation is 3. The Kier molecular flexibility index (Phi) is 11.6. The maximum Gasteiger partial charge on any atom is 0.408 e. The minimum absolute atomic E-state index is 0.0942. The molecule has 3 aromatic rings. The van der Waals surface area contributed by atoms with Gasteiger partial charge in [-0.3, -0.25) is 9.59 Å². The average molecular weight is 602 g/mol. The number of alkyl carbamates (subject to hydrolysis) is 1. The van der Waals surface area contributed by atoms with Gasteiger partial charge < -0.3 is 25.4 Å². The van der Waals surface area contributed by atoms with Crippen molar-refractivity contribution in [3.8, 4) is 5.75 Å². The van der Waals surface area contributed by atoms with Gasteiger partial charge in [-0.1, -0.05) is 68.4 Å². The largest absolute Gasteiger partial charge is 0.508 e. The van der Waals surface area contributed by atoms with Crippen molar-refractivity contribution in [2.24, 2.45) is 0 Å². The average Bonchev–Trinajstić information content (AvgIpc) is 2.97. The minimum atomic E-state index is -1.05. The summed E-state index contributed by atoms with van der Waals surface area (Å²) < 4.78 is 5.53. The highest BCUT2D eigenvalue weighted by molar-refractivity contribution is 6.00. The van der Waals surface area contributed by atoms with E-state index in [4.69, 9.17) is 4.74 Å². The molecule has 3 N–H and O–H groups in total. The molecule has 0 saturated carbocycles. The second kappa shape index (κ2) is 14.9. The van der Waals surface area contributed by atoms with Crippen molar-refractivity contribution < 1.29 is 24.2 Å². The van der Waals surface area contributed by atoms with Gasteiger partial charge in [-0.05, 0) is 94.3 Å². The van der Waals surface area contributed by atoms with Gasteiger partial charge >= 0.3 is 6.09 Å². The van der Waals surface area contributed by atoms with Gasteiger partial charge in [0.05, 0.1) is 0 Å². The van der Waals surface area contributed by atoms with Crippen molar-refractivity contribution >= 4 is 23.6 Å². The van der Waals surface area contributed by atoms with Crippen LogP contribution in [0.15, 0.2) is 66.7 Å². The quantitative estimate of drug-likeness (QED) is 0.219. The topological polar surface area (TPSA) is 108 Å². The molecule has 0 heterocycles. The molecule has 3 aromatic carbocycles. The van der Waals surface area contributed by atoms with Crippen LogP contribution in [0.3, 0.4) is 0 Å². The van der Waals surface area contributed by atoms with Crippen LogP contribution in [-0.4, -0.2) is 45.6 Å². The molecule has 0 radical (unpaired) electrons. The van der Waals surface area contributed by atoms with Crippen LogP contribution in [0.4, 0.5) is 10.5 Å². The number of carbonyl (C=O) groups excluding carboxylic acids is 3. The number of amides is 3. The first-order valence-corrected chi connectivity index (χ1v) is 15.3. The van der Waals surface area contributed by atoms with Gasteiger partial charge in [-0.2, -0.15) is 0 Å². The molecule has 236 valence electrons. The van der Waals surface area contributed by atoms with E-state index in [0.717, 1.165) is 28.7 Å². The van der Waals surface area contributed by atoms with Crippen LogP contribution in [0.25, 0.3) is 0 Å². The van der Waals surface area contributed by atoms with Gasteiger partial charge in [0.15, 0.2) is 0 Å². The summed E-state index contributed by atoms with van der Waals surface area (Å²) in [6.07, 6.45) is 0.806. The third-order valence-electron chi connectivity index (χ3n) is 7.64. The Morgan fingerprint density at radius 1 is 0.886 bits per heavy atom. The summed E-state index contributed by atoms with van der Waals surface area (Å²) in [7, 11) is 0. The lowest BCUT2D eigenvalue weighted by molar-refractivity contribution is -0.143. The van der Waals surface area contributed by atoms with E-state index in [0.29, 0.717) is 17.7 Å². The molecule has 8 nitrogen and oxygen atoms in total. The fourth-order valence-electron chi connectivity index (χ4n) is 5.07. The summed E-state index contributed by atoms with van der Waals surface area (Å²) >= 11 is 0. The number of phenolic OH excluding ortho intramolecular Hbond substituents is 1. The Bertz CT molecular complexity index is 1410. The lowest BCUT2D eigenvalue weighted by atomic mass is 9.96. The van der Waals surface area contributed by atoms with E-state index < -0.39 is 29.7 Å². The molecular formula is C36H47N3O5. The van der Waals surface area contributed by atoms with Crippen molar-refractivity contribution in [3.63, 3.8) is 0 Å². The van der Waals surface area contributed by atoms with Crippen molar-refractivity contribution in [3.05, 3.63) is 94.5 Å². The van der Waals surface area contributed by atoms with E-state index in [9.17, 15) is 19.5 Å². The van der Waals surface area contributed by atoms with Crippen LogP contribution in [0.5, 0.6) is 5.75 Å². The van der Waals surface area contributed by atoms with E-state index >= 15 is 0 Å². The number of ether oxygens (including phenoxy) is 1. The van der Waals surface area contributed by atoms with E-state index in [1.807, 2.05) is 70.2 Å². The number of rotatable bonds is 11. The molecule has 3 atom stereocenters. The van der Waals surface area contributed by atoms with Crippen molar-refractivity contribution in [2.45, 2.75) is 98.4 Å². The zero-order valence-electron chi connectivity index (χ0n) is 27.2. The second-order valence-corrected chi connectivity index (χ2v) is 12.3. The van der Waals surface area contributed by atoms with Gasteiger partial charge in [0.1, 0.15) is 23.4 Å². The molecule has 8 heteroatoms. The standard InChI is InChI=1S/C36H47N3O5/c1-9-25(5)39(34(42)30(37-35(43)44-36(6,7)8)22-27-16-20-29(40)21-17-27)32(28-18-14-26(10-2)15-19-28)33(41)38-31-23(3)12-11-13-24(31)4/h11-21,25,30,32,40H,9-10,22H2,1-8H3,(H,37,43)(H,38,41). The van der Waals surface area contributed by atoms with Crippen molar-refractivity contribution in [2.75, 3.05) is 5.32 Å². The molecule has 0 aliphatic carbocycles. The first-order chi connectivity index (χ1) is 20.7. The molecule has 0 saturated heterocycles. The van der Waals surface area contributed by atoms with E-state index in [1.54, 1.807) is 37.8 Å². The third-order valence-corrected chi connectivity index (χ3v) is 7.64. The summed E-state index contributed by atoms with van der Waals surface area (Å²) in [5.74, 6) is -0.669. The molecule has 3 amide bonds. The number of benzene rings is 3. The van der Waals surface area contributed by atoms with E-state index in [2.05, 4.69) is 17.6 Å². The molecule has 0 spiro atoms. The first-order valence-electron chi connectivity index (χ1n) is 15.3. The van der Waals surface area contributed by atoms with E-state index in [-0.39, 0.29) is 24.1 Å². The zero-order chi connectivity index (χ0) is 32.6. The number of phenols is 1. The second-order valence-electron chi connectivity index (χ2n) is 12.3. The van der Waals surface area contributed by atoms with Crippen molar-refractivity contribution in [1.82, 2.24) is 10.2 Å². The van der Waals surface area contributed by atoms with Gasteiger partial charge in [-0.25, -0.2) is 4.79 Å². The molecule has 44 heavy (non-hydrogen) atoms. The predicted molar refractivity (Wildman–Crippen MR) is 175 cm³/mol. The van der Waals surface area contributed by atoms with Gasteiger partial charge in [0.2, 0.25) is 5.91 Å². The van der Waals surface area contributed by atoms with Crippen molar-refractivity contribution in [1.29, 1.82) is 0 Å². The van der Waals surface area contributed by atoms with Gasteiger partial charge in [-0.15, -0.1) is 0 Å². The fraction of sp³-hybridized carbons (Fsp3) is 0.417. The molecular weight excluding hydrogens is 554 g/mol. The number of aromatic hydroxyl groups is 1. The maximum absolute atomic E-state index is 14.7. The number of carbonyl (C=O) groups is 3. The molecule has 3 rings (SSSR count). The highest BCUT2D eigenvalue weighted by Gasteiger charge is 2.39. The number of hydrogen-bond acceptors (Lipinski definition) is 5. The third kappa shape index (κ3) is 9.09. The Hall–Kier alpha value is -4.33. The van der Waals surface area contributed by atoms with Crippen LogP contribution in [0.1, 0.15) is 81.8 Å². The predicted octanol–water partition coefficient (Wildman–Crippen LogP) is 7.01. The highest BCUT2D eigenvalue weighted by atomic mass is 16.6. The number of anilines is 1.